The SMILES string of the molecule is c1ccc2c(c1)N=C(N1CNc3ncccc31)N1CCN=C21. The molecule has 0 atom stereocenters. The zero-order valence-electron chi connectivity index (χ0n) is 11.9. The third-order valence-electron chi connectivity index (χ3n) is 4.17. The summed E-state index contributed by atoms with van der Waals surface area (Å²) in [6.07, 6.45) is 1.80. The zero-order chi connectivity index (χ0) is 14.5. The monoisotopic (exact) mass is 290 g/mol. The van der Waals surface area contributed by atoms with Crippen LogP contribution in [0.2, 0.25) is 0 Å². The van der Waals surface area contributed by atoms with Gasteiger partial charge in [-0.15, -0.1) is 0 Å². The van der Waals surface area contributed by atoms with E-state index in [2.05, 4.69) is 37.2 Å². The van der Waals surface area contributed by atoms with Crippen LogP contribution in [0.3, 0.4) is 0 Å². The molecule has 0 radical (unpaired) electrons. The van der Waals surface area contributed by atoms with Gasteiger partial charge in [-0.2, -0.15) is 0 Å². The van der Waals surface area contributed by atoms with Crippen LogP contribution in [-0.2, 0) is 0 Å². The van der Waals surface area contributed by atoms with Crippen molar-refractivity contribution in [3.63, 3.8) is 0 Å². The van der Waals surface area contributed by atoms with Gasteiger partial charge in [-0.05, 0) is 24.3 Å². The second kappa shape index (κ2) is 4.30. The van der Waals surface area contributed by atoms with Crippen LogP contribution < -0.4 is 10.2 Å². The highest BCUT2D eigenvalue weighted by atomic mass is 15.5. The second-order valence-corrected chi connectivity index (χ2v) is 5.42. The van der Waals surface area contributed by atoms with Gasteiger partial charge in [0, 0.05) is 18.3 Å². The van der Waals surface area contributed by atoms with E-state index in [1.807, 2.05) is 24.3 Å². The van der Waals surface area contributed by atoms with E-state index in [0.717, 1.165) is 47.6 Å². The first-order chi connectivity index (χ1) is 10.9. The van der Waals surface area contributed by atoms with Crippen LogP contribution in [0.5, 0.6) is 0 Å². The molecular formula is C16H14N6. The number of fused-ring (bicyclic) bond motifs is 4. The van der Waals surface area contributed by atoms with Crippen molar-refractivity contribution in [2.75, 3.05) is 30.0 Å². The van der Waals surface area contributed by atoms with E-state index < -0.39 is 0 Å². The van der Waals surface area contributed by atoms with Crippen molar-refractivity contribution in [2.24, 2.45) is 9.98 Å². The molecule has 0 bridgehead atoms. The van der Waals surface area contributed by atoms with Crippen molar-refractivity contribution in [1.29, 1.82) is 0 Å². The van der Waals surface area contributed by atoms with Crippen molar-refractivity contribution in [3.05, 3.63) is 48.2 Å². The smallest absolute Gasteiger partial charge is 0.213 e. The van der Waals surface area contributed by atoms with Crippen molar-refractivity contribution in [1.82, 2.24) is 9.88 Å². The number of nitrogens with one attached hydrogen (secondary N) is 1. The van der Waals surface area contributed by atoms with Crippen molar-refractivity contribution in [2.45, 2.75) is 0 Å². The summed E-state index contributed by atoms with van der Waals surface area (Å²) in [6.45, 7) is 2.36. The fraction of sp³-hybridized carbons (Fsp3) is 0.188. The molecule has 6 heteroatoms. The number of hydrogen-bond acceptors (Lipinski definition) is 6. The van der Waals surface area contributed by atoms with E-state index in [-0.39, 0.29) is 0 Å². The molecule has 1 aromatic heterocycles. The van der Waals surface area contributed by atoms with Gasteiger partial charge in [0.15, 0.2) is 5.82 Å². The van der Waals surface area contributed by atoms with E-state index >= 15 is 0 Å². The minimum absolute atomic E-state index is 0.678. The summed E-state index contributed by atoms with van der Waals surface area (Å²) in [6, 6.07) is 12.2. The lowest BCUT2D eigenvalue weighted by atomic mass is 10.1. The number of rotatable bonds is 0. The lowest BCUT2D eigenvalue weighted by Crippen LogP contribution is -2.47. The number of nitrogens with zero attached hydrogens (tertiary/aromatic N) is 5. The van der Waals surface area contributed by atoms with Gasteiger partial charge in [-0.1, -0.05) is 12.1 Å². The Bertz CT molecular complexity index is 825. The number of amidine groups is 1. The van der Waals surface area contributed by atoms with Crippen LogP contribution in [0.4, 0.5) is 17.2 Å². The first kappa shape index (κ1) is 11.7. The number of hydrogen-bond donors (Lipinski definition) is 1. The van der Waals surface area contributed by atoms with E-state index in [9.17, 15) is 0 Å². The van der Waals surface area contributed by atoms with Crippen LogP contribution in [0.15, 0.2) is 52.6 Å². The van der Waals surface area contributed by atoms with E-state index in [1.165, 1.54) is 0 Å². The largest absolute Gasteiger partial charge is 0.350 e. The molecule has 4 heterocycles. The van der Waals surface area contributed by atoms with Crippen LogP contribution in [0.1, 0.15) is 5.56 Å². The Kier molecular flexibility index (Phi) is 2.29. The summed E-state index contributed by atoms with van der Waals surface area (Å²) in [5.74, 6) is 2.86. The van der Waals surface area contributed by atoms with E-state index in [0.29, 0.717) is 6.67 Å². The van der Waals surface area contributed by atoms with Crippen LogP contribution in [-0.4, -0.2) is 41.4 Å². The first-order valence-corrected chi connectivity index (χ1v) is 7.38. The van der Waals surface area contributed by atoms with Crippen LogP contribution in [0.25, 0.3) is 0 Å². The van der Waals surface area contributed by atoms with Gasteiger partial charge in [-0.3, -0.25) is 14.8 Å². The lowest BCUT2D eigenvalue weighted by molar-refractivity contribution is 0.644. The second-order valence-electron chi connectivity index (χ2n) is 5.42. The highest BCUT2D eigenvalue weighted by Gasteiger charge is 2.35. The molecule has 1 aromatic carbocycles. The van der Waals surface area contributed by atoms with Gasteiger partial charge in [0.1, 0.15) is 5.84 Å². The fourth-order valence-corrected chi connectivity index (χ4v) is 3.18. The van der Waals surface area contributed by atoms with Gasteiger partial charge in [0.25, 0.3) is 0 Å². The van der Waals surface area contributed by atoms with E-state index in [1.54, 1.807) is 6.20 Å². The molecule has 0 fully saturated rings. The number of aliphatic imine (C=N–C) groups is 2. The molecule has 6 nitrogen and oxygen atoms in total. The fourth-order valence-electron chi connectivity index (χ4n) is 3.18. The molecule has 5 rings (SSSR count). The van der Waals surface area contributed by atoms with Gasteiger partial charge >= 0.3 is 0 Å². The molecular weight excluding hydrogens is 276 g/mol. The molecule has 0 unspecified atom stereocenters. The molecule has 3 aliphatic heterocycles. The Morgan fingerprint density at radius 1 is 1.05 bits per heavy atom. The quantitative estimate of drug-likeness (QED) is 0.806. The molecule has 2 aromatic rings. The Hall–Kier alpha value is -2.89. The standard InChI is InChI=1S/C16H14N6/c1-2-5-12-11(4-1)15-18-8-9-21(15)16(20-12)22-10-19-14-13(22)6-3-7-17-14/h1-7H,8-10H2,(H,17,19). The predicted molar refractivity (Wildman–Crippen MR) is 86.9 cm³/mol. The summed E-state index contributed by atoms with van der Waals surface area (Å²) in [5, 5.41) is 3.32. The molecule has 1 N–H and O–H groups in total. The third-order valence-corrected chi connectivity index (χ3v) is 4.17. The number of para-hydroxylation sites is 1. The molecule has 108 valence electrons. The lowest BCUT2D eigenvalue weighted by Gasteiger charge is -2.32. The maximum Gasteiger partial charge on any atom is 0.213 e. The normalized spacial score (nSPS) is 18.2. The topological polar surface area (TPSA) is 56.1 Å². The highest BCUT2D eigenvalue weighted by Crippen LogP contribution is 2.34. The molecule has 0 spiro atoms. The molecule has 0 aliphatic carbocycles. The van der Waals surface area contributed by atoms with Crippen molar-refractivity contribution >= 4 is 29.0 Å². The molecule has 0 amide bonds. The number of pyridine rings is 1. The first-order valence-electron chi connectivity index (χ1n) is 7.38. The minimum atomic E-state index is 0.678. The Morgan fingerprint density at radius 2 is 2.00 bits per heavy atom. The Morgan fingerprint density at radius 3 is 3.00 bits per heavy atom. The van der Waals surface area contributed by atoms with Crippen LogP contribution in [0, 0.1) is 0 Å². The van der Waals surface area contributed by atoms with Gasteiger partial charge in [-0.25, -0.2) is 9.98 Å². The van der Waals surface area contributed by atoms with Gasteiger partial charge < -0.3 is 5.32 Å². The molecule has 0 saturated heterocycles. The van der Waals surface area contributed by atoms with Gasteiger partial charge in [0.05, 0.1) is 24.6 Å². The summed E-state index contributed by atoms with van der Waals surface area (Å²) >= 11 is 0. The maximum absolute atomic E-state index is 4.89. The number of aromatic nitrogens is 1. The predicted octanol–water partition coefficient (Wildman–Crippen LogP) is 2.03. The Balaban J connectivity index is 1.67. The van der Waals surface area contributed by atoms with Crippen LogP contribution >= 0.6 is 0 Å². The summed E-state index contributed by atoms with van der Waals surface area (Å²) in [4.78, 5) is 18.3. The third kappa shape index (κ3) is 1.52. The number of benzene rings is 1. The van der Waals surface area contributed by atoms with Crippen molar-refractivity contribution < 1.29 is 0 Å². The summed E-state index contributed by atoms with van der Waals surface area (Å²) < 4.78 is 0. The summed E-state index contributed by atoms with van der Waals surface area (Å²) in [5.41, 5.74) is 3.15. The van der Waals surface area contributed by atoms with Gasteiger partial charge in [0.2, 0.25) is 5.96 Å². The number of guanidine groups is 1. The Labute approximate surface area is 127 Å². The van der Waals surface area contributed by atoms with Crippen molar-refractivity contribution in [3.8, 4) is 0 Å². The maximum atomic E-state index is 4.89. The molecule has 3 aliphatic rings. The average molecular weight is 290 g/mol. The molecule has 0 saturated carbocycles. The highest BCUT2D eigenvalue weighted by molar-refractivity contribution is 6.19. The zero-order valence-corrected chi connectivity index (χ0v) is 11.9. The minimum Gasteiger partial charge on any atom is -0.350 e. The number of anilines is 2. The average Bonchev–Trinajstić information content (AvgIpc) is 3.21. The summed E-state index contributed by atoms with van der Waals surface area (Å²) in [7, 11) is 0. The van der Waals surface area contributed by atoms with E-state index in [4.69, 9.17) is 4.99 Å². The molecule has 22 heavy (non-hydrogen) atoms.